The first-order chi connectivity index (χ1) is 6.10. The monoisotopic (exact) mass is 187 g/mol. The minimum atomic E-state index is -0.150. The third-order valence-corrected chi connectivity index (χ3v) is 3.26. The van der Waals surface area contributed by atoms with E-state index >= 15 is 0 Å². The summed E-state index contributed by atoms with van der Waals surface area (Å²) in [7, 11) is 1.74. The largest absolute Gasteiger partial charge is 0.377 e. The minimum Gasteiger partial charge on any atom is -0.377 e. The third-order valence-electron chi connectivity index (χ3n) is 3.26. The zero-order chi connectivity index (χ0) is 9.95. The highest BCUT2D eigenvalue weighted by molar-refractivity contribution is 4.94. The maximum absolute atomic E-state index is 5.74. The van der Waals surface area contributed by atoms with Gasteiger partial charge in [-0.2, -0.15) is 0 Å². The Morgan fingerprint density at radius 2 is 2.23 bits per heavy atom. The lowest BCUT2D eigenvalue weighted by Crippen LogP contribution is -2.52. The third kappa shape index (κ3) is 2.22. The quantitative estimate of drug-likeness (QED) is 0.724. The molecule has 1 fully saturated rings. The Bertz CT molecular complexity index is 168. The summed E-state index contributed by atoms with van der Waals surface area (Å²) < 4.78 is 11.3. The molecule has 0 amide bonds. The summed E-state index contributed by atoms with van der Waals surface area (Å²) in [5.41, 5.74) is 5.55. The zero-order valence-electron chi connectivity index (χ0n) is 8.93. The normalized spacial score (nSPS) is 40.6. The smallest absolute Gasteiger partial charge is 0.0849 e. The van der Waals surface area contributed by atoms with Gasteiger partial charge >= 0.3 is 0 Å². The maximum atomic E-state index is 5.74. The van der Waals surface area contributed by atoms with Crippen LogP contribution in [0.1, 0.15) is 33.1 Å². The lowest BCUT2D eigenvalue weighted by Gasteiger charge is -2.44. The molecule has 1 saturated heterocycles. The highest BCUT2D eigenvalue weighted by atomic mass is 16.5. The molecule has 1 heterocycles. The zero-order valence-corrected chi connectivity index (χ0v) is 8.93. The highest BCUT2D eigenvalue weighted by Crippen LogP contribution is 2.35. The molecule has 78 valence electrons. The molecule has 3 nitrogen and oxygen atoms in total. The van der Waals surface area contributed by atoms with Gasteiger partial charge in [0.15, 0.2) is 0 Å². The molecule has 0 aromatic heterocycles. The van der Waals surface area contributed by atoms with Crippen molar-refractivity contribution in [3.8, 4) is 0 Å². The van der Waals surface area contributed by atoms with E-state index in [0.717, 1.165) is 25.9 Å². The predicted molar refractivity (Wildman–Crippen MR) is 52.7 cm³/mol. The van der Waals surface area contributed by atoms with Crippen LogP contribution in [0.4, 0.5) is 0 Å². The van der Waals surface area contributed by atoms with Gasteiger partial charge in [0, 0.05) is 26.5 Å². The molecule has 2 unspecified atom stereocenters. The van der Waals surface area contributed by atoms with Crippen LogP contribution in [0.25, 0.3) is 0 Å². The summed E-state index contributed by atoms with van der Waals surface area (Å²) in [6.07, 6.45) is 2.83. The van der Waals surface area contributed by atoms with Crippen molar-refractivity contribution < 1.29 is 9.47 Å². The number of hydrogen-bond acceptors (Lipinski definition) is 3. The van der Waals surface area contributed by atoms with E-state index in [0.29, 0.717) is 6.54 Å². The number of rotatable bonds is 3. The molecule has 0 radical (unpaired) electrons. The van der Waals surface area contributed by atoms with Crippen molar-refractivity contribution in [1.29, 1.82) is 0 Å². The molecule has 3 heteroatoms. The Labute approximate surface area is 80.6 Å². The molecule has 2 N–H and O–H groups in total. The molecule has 0 aromatic rings. The summed E-state index contributed by atoms with van der Waals surface area (Å²) in [6.45, 7) is 5.62. The van der Waals surface area contributed by atoms with Gasteiger partial charge in [-0.3, -0.25) is 0 Å². The van der Waals surface area contributed by atoms with Crippen LogP contribution < -0.4 is 5.73 Å². The van der Waals surface area contributed by atoms with Gasteiger partial charge in [-0.05, 0) is 13.3 Å². The van der Waals surface area contributed by atoms with Crippen LogP contribution >= 0.6 is 0 Å². The van der Waals surface area contributed by atoms with Crippen molar-refractivity contribution in [3.63, 3.8) is 0 Å². The maximum Gasteiger partial charge on any atom is 0.0849 e. The van der Waals surface area contributed by atoms with E-state index in [4.69, 9.17) is 15.2 Å². The fourth-order valence-corrected chi connectivity index (χ4v) is 1.96. The van der Waals surface area contributed by atoms with Crippen LogP contribution in [0.3, 0.4) is 0 Å². The van der Waals surface area contributed by atoms with E-state index in [-0.39, 0.29) is 11.2 Å². The number of nitrogens with two attached hydrogens (primary N) is 1. The van der Waals surface area contributed by atoms with Gasteiger partial charge in [-0.25, -0.2) is 0 Å². The molecule has 0 aliphatic carbocycles. The topological polar surface area (TPSA) is 44.5 Å². The second-order valence-electron chi connectivity index (χ2n) is 4.17. The molecule has 0 saturated carbocycles. The van der Waals surface area contributed by atoms with E-state index in [9.17, 15) is 0 Å². The van der Waals surface area contributed by atoms with Crippen molar-refractivity contribution in [2.24, 2.45) is 5.73 Å². The fourth-order valence-electron chi connectivity index (χ4n) is 1.96. The second-order valence-corrected chi connectivity index (χ2v) is 4.17. The van der Waals surface area contributed by atoms with Gasteiger partial charge in [0.05, 0.1) is 17.8 Å². The molecular formula is C10H21NO2. The molecular weight excluding hydrogens is 166 g/mol. The Morgan fingerprint density at radius 1 is 1.54 bits per heavy atom. The minimum absolute atomic E-state index is 0.0480. The van der Waals surface area contributed by atoms with E-state index in [2.05, 4.69) is 13.8 Å². The molecule has 1 aliphatic rings. The first-order valence-electron chi connectivity index (χ1n) is 4.99. The van der Waals surface area contributed by atoms with Gasteiger partial charge in [-0.1, -0.05) is 6.92 Å². The van der Waals surface area contributed by atoms with Gasteiger partial charge in [-0.15, -0.1) is 0 Å². The van der Waals surface area contributed by atoms with E-state index in [1.165, 1.54) is 0 Å². The van der Waals surface area contributed by atoms with Gasteiger partial charge < -0.3 is 15.2 Å². The van der Waals surface area contributed by atoms with Crippen molar-refractivity contribution in [2.45, 2.75) is 44.3 Å². The average Bonchev–Trinajstić information content (AvgIpc) is 2.18. The first-order valence-corrected chi connectivity index (χ1v) is 4.99. The first kappa shape index (κ1) is 11.0. The molecule has 2 atom stereocenters. The van der Waals surface area contributed by atoms with Crippen molar-refractivity contribution >= 4 is 0 Å². The van der Waals surface area contributed by atoms with Gasteiger partial charge in [0.2, 0.25) is 0 Å². The fraction of sp³-hybridized carbons (Fsp3) is 1.00. The summed E-state index contributed by atoms with van der Waals surface area (Å²) in [6, 6.07) is 0. The standard InChI is InChI=1S/C10H21NO2/c1-4-9(2)7-10(8-11,12-3)5-6-13-9/h4-8,11H2,1-3H3. The van der Waals surface area contributed by atoms with Gasteiger partial charge in [0.25, 0.3) is 0 Å². The van der Waals surface area contributed by atoms with E-state index in [1.54, 1.807) is 7.11 Å². The second kappa shape index (κ2) is 3.95. The molecule has 0 bridgehead atoms. The number of ether oxygens (including phenoxy) is 2. The Hall–Kier alpha value is -0.120. The van der Waals surface area contributed by atoms with E-state index in [1.807, 2.05) is 0 Å². The summed E-state index contributed by atoms with van der Waals surface area (Å²) in [5.74, 6) is 0. The van der Waals surface area contributed by atoms with Crippen LogP contribution in [-0.2, 0) is 9.47 Å². The molecule has 0 aromatic carbocycles. The van der Waals surface area contributed by atoms with Crippen LogP contribution in [-0.4, -0.2) is 31.5 Å². The number of hydrogen-bond donors (Lipinski definition) is 1. The number of methoxy groups -OCH3 is 1. The van der Waals surface area contributed by atoms with Crippen LogP contribution in [0.5, 0.6) is 0 Å². The summed E-state index contributed by atoms with van der Waals surface area (Å²) >= 11 is 0. The molecule has 13 heavy (non-hydrogen) atoms. The average molecular weight is 187 g/mol. The van der Waals surface area contributed by atoms with Crippen molar-refractivity contribution in [1.82, 2.24) is 0 Å². The molecule has 1 aliphatic heterocycles. The Balaban J connectivity index is 2.69. The van der Waals surface area contributed by atoms with Crippen LogP contribution in [0.2, 0.25) is 0 Å². The summed E-state index contributed by atoms with van der Waals surface area (Å²) in [4.78, 5) is 0. The molecule has 0 spiro atoms. The Morgan fingerprint density at radius 3 is 2.69 bits per heavy atom. The predicted octanol–water partition coefficient (Wildman–Crippen LogP) is 1.31. The lowest BCUT2D eigenvalue weighted by molar-refractivity contribution is -0.162. The highest BCUT2D eigenvalue weighted by Gasteiger charge is 2.41. The lowest BCUT2D eigenvalue weighted by atomic mass is 9.82. The van der Waals surface area contributed by atoms with E-state index < -0.39 is 0 Å². The SMILES string of the molecule is CCC1(C)CC(CN)(OC)CCO1. The van der Waals surface area contributed by atoms with Gasteiger partial charge in [0.1, 0.15) is 0 Å². The molecule has 1 rings (SSSR count). The van der Waals surface area contributed by atoms with Crippen molar-refractivity contribution in [3.05, 3.63) is 0 Å². The van der Waals surface area contributed by atoms with Crippen molar-refractivity contribution in [2.75, 3.05) is 20.3 Å². The Kier molecular flexibility index (Phi) is 3.33. The van der Waals surface area contributed by atoms with Crippen LogP contribution in [0.15, 0.2) is 0 Å². The summed E-state index contributed by atoms with van der Waals surface area (Å²) in [5, 5.41) is 0. The van der Waals surface area contributed by atoms with Crippen LogP contribution in [0, 0.1) is 0 Å².